The molecule has 0 aromatic heterocycles. The van der Waals surface area contributed by atoms with E-state index in [1.165, 1.54) is 22.8 Å². The third-order valence-electron chi connectivity index (χ3n) is 4.18. The van der Waals surface area contributed by atoms with E-state index >= 15 is 0 Å². The van der Waals surface area contributed by atoms with Gasteiger partial charge in [0.15, 0.2) is 0 Å². The molecular formula is C19H27NO. The van der Waals surface area contributed by atoms with E-state index in [9.17, 15) is 0 Å². The first-order valence-corrected chi connectivity index (χ1v) is 7.86. The van der Waals surface area contributed by atoms with Crippen molar-refractivity contribution in [3.05, 3.63) is 42.0 Å². The van der Waals surface area contributed by atoms with Gasteiger partial charge in [-0.2, -0.15) is 0 Å². The van der Waals surface area contributed by atoms with Crippen molar-refractivity contribution in [3.63, 3.8) is 0 Å². The van der Waals surface area contributed by atoms with Gasteiger partial charge >= 0.3 is 0 Å². The van der Waals surface area contributed by atoms with E-state index in [0.29, 0.717) is 0 Å². The minimum atomic E-state index is 0.189. The lowest BCUT2D eigenvalue weighted by Gasteiger charge is -2.26. The number of fused-ring (bicyclic) bond motifs is 1. The third kappa shape index (κ3) is 3.98. The Balaban J connectivity index is 2.17. The maximum atomic E-state index is 5.29. The molecule has 1 N–H and O–H groups in total. The number of rotatable bonds is 7. The SMILES string of the molecule is CCCNCCC(C)(C)c1ccc2cc(OC)ccc2c1. The summed E-state index contributed by atoms with van der Waals surface area (Å²) >= 11 is 0. The number of nitrogens with one attached hydrogen (secondary N) is 1. The van der Waals surface area contributed by atoms with Crippen LogP contribution in [0.25, 0.3) is 10.8 Å². The Morgan fingerprint density at radius 1 is 1.00 bits per heavy atom. The van der Waals surface area contributed by atoms with Gasteiger partial charge in [0.25, 0.3) is 0 Å². The average molecular weight is 285 g/mol. The Hall–Kier alpha value is -1.54. The predicted octanol–water partition coefficient (Wildman–Crippen LogP) is 4.52. The summed E-state index contributed by atoms with van der Waals surface area (Å²) in [6, 6.07) is 13.0. The molecule has 0 saturated heterocycles. The molecule has 114 valence electrons. The number of hydrogen-bond donors (Lipinski definition) is 1. The molecule has 0 fully saturated rings. The van der Waals surface area contributed by atoms with Gasteiger partial charge in [0, 0.05) is 0 Å². The minimum Gasteiger partial charge on any atom is -0.497 e. The van der Waals surface area contributed by atoms with E-state index in [1.54, 1.807) is 7.11 Å². The standard InChI is InChI=1S/C19H27NO/c1-5-11-20-12-10-19(2,3)17-8-6-16-14-18(21-4)9-7-15(16)13-17/h6-9,13-14,20H,5,10-12H2,1-4H3. The monoisotopic (exact) mass is 285 g/mol. The minimum absolute atomic E-state index is 0.189. The summed E-state index contributed by atoms with van der Waals surface area (Å²) in [4.78, 5) is 0. The molecular weight excluding hydrogens is 258 g/mol. The zero-order chi connectivity index (χ0) is 15.3. The van der Waals surface area contributed by atoms with Gasteiger partial charge in [-0.1, -0.05) is 45.0 Å². The van der Waals surface area contributed by atoms with Crippen LogP contribution in [0.4, 0.5) is 0 Å². The third-order valence-corrected chi connectivity index (χ3v) is 4.18. The van der Waals surface area contributed by atoms with Gasteiger partial charge in [0.1, 0.15) is 5.75 Å². The summed E-state index contributed by atoms with van der Waals surface area (Å²) in [6.07, 6.45) is 2.34. The number of benzene rings is 2. The van der Waals surface area contributed by atoms with E-state index in [-0.39, 0.29) is 5.41 Å². The second kappa shape index (κ2) is 6.95. The van der Waals surface area contributed by atoms with E-state index < -0.39 is 0 Å². The molecule has 2 aromatic carbocycles. The van der Waals surface area contributed by atoms with Gasteiger partial charge in [-0.05, 0) is 59.8 Å². The lowest BCUT2D eigenvalue weighted by Crippen LogP contribution is -2.25. The van der Waals surface area contributed by atoms with Crippen LogP contribution in [-0.2, 0) is 5.41 Å². The fourth-order valence-corrected chi connectivity index (χ4v) is 2.62. The Kier molecular flexibility index (Phi) is 5.24. The largest absolute Gasteiger partial charge is 0.497 e. The van der Waals surface area contributed by atoms with Crippen molar-refractivity contribution in [3.8, 4) is 5.75 Å². The Labute approximate surface area is 128 Å². The van der Waals surface area contributed by atoms with Crippen LogP contribution in [0, 0.1) is 0 Å². The van der Waals surface area contributed by atoms with Crippen molar-refractivity contribution in [2.75, 3.05) is 20.2 Å². The lowest BCUT2D eigenvalue weighted by atomic mass is 9.81. The van der Waals surface area contributed by atoms with E-state index in [1.807, 2.05) is 6.07 Å². The molecule has 2 rings (SSSR count). The first-order chi connectivity index (χ1) is 10.1. The average Bonchev–Trinajstić information content (AvgIpc) is 2.50. The molecule has 0 unspecified atom stereocenters. The number of hydrogen-bond acceptors (Lipinski definition) is 2. The molecule has 0 radical (unpaired) electrons. The molecule has 0 atom stereocenters. The van der Waals surface area contributed by atoms with Crippen LogP contribution in [0.15, 0.2) is 36.4 Å². The van der Waals surface area contributed by atoms with Crippen LogP contribution < -0.4 is 10.1 Å². The maximum absolute atomic E-state index is 5.29. The molecule has 2 nitrogen and oxygen atoms in total. The lowest BCUT2D eigenvalue weighted by molar-refractivity contribution is 0.415. The molecule has 0 amide bonds. The van der Waals surface area contributed by atoms with Crippen LogP contribution in [0.3, 0.4) is 0 Å². The van der Waals surface area contributed by atoms with Crippen molar-refractivity contribution in [2.24, 2.45) is 0 Å². The second-order valence-corrected chi connectivity index (χ2v) is 6.31. The zero-order valence-electron chi connectivity index (χ0n) is 13.7. The summed E-state index contributed by atoms with van der Waals surface area (Å²) in [5, 5.41) is 6.01. The molecule has 0 bridgehead atoms. The van der Waals surface area contributed by atoms with Crippen LogP contribution in [0.2, 0.25) is 0 Å². The maximum Gasteiger partial charge on any atom is 0.119 e. The van der Waals surface area contributed by atoms with Crippen molar-refractivity contribution in [1.29, 1.82) is 0 Å². The van der Waals surface area contributed by atoms with Crippen LogP contribution in [0.1, 0.15) is 39.2 Å². The highest BCUT2D eigenvalue weighted by molar-refractivity contribution is 5.84. The predicted molar refractivity (Wildman–Crippen MR) is 91.3 cm³/mol. The molecule has 0 saturated carbocycles. The summed E-state index contributed by atoms with van der Waals surface area (Å²) in [7, 11) is 1.71. The Bertz CT molecular complexity index is 589. The summed E-state index contributed by atoms with van der Waals surface area (Å²) in [5.41, 5.74) is 1.59. The van der Waals surface area contributed by atoms with Crippen LogP contribution in [-0.4, -0.2) is 20.2 Å². The molecule has 2 heteroatoms. The van der Waals surface area contributed by atoms with Gasteiger partial charge < -0.3 is 10.1 Å². The van der Waals surface area contributed by atoms with Crippen molar-refractivity contribution < 1.29 is 4.74 Å². The van der Waals surface area contributed by atoms with Gasteiger partial charge in [0.2, 0.25) is 0 Å². The van der Waals surface area contributed by atoms with Crippen molar-refractivity contribution in [2.45, 2.75) is 39.0 Å². The first kappa shape index (κ1) is 15.8. The van der Waals surface area contributed by atoms with Crippen molar-refractivity contribution in [1.82, 2.24) is 5.32 Å². The molecule has 2 aromatic rings. The first-order valence-electron chi connectivity index (χ1n) is 7.86. The van der Waals surface area contributed by atoms with Gasteiger partial charge in [0.05, 0.1) is 7.11 Å². The normalized spacial score (nSPS) is 11.8. The molecule has 0 aliphatic carbocycles. The van der Waals surface area contributed by atoms with Gasteiger partial charge in [-0.25, -0.2) is 0 Å². The summed E-state index contributed by atoms with van der Waals surface area (Å²) in [6.45, 7) is 9.03. The fourth-order valence-electron chi connectivity index (χ4n) is 2.62. The van der Waals surface area contributed by atoms with Crippen molar-refractivity contribution >= 4 is 10.8 Å². The topological polar surface area (TPSA) is 21.3 Å². The van der Waals surface area contributed by atoms with Crippen LogP contribution >= 0.6 is 0 Å². The van der Waals surface area contributed by atoms with E-state index in [2.05, 4.69) is 56.4 Å². The molecule has 0 heterocycles. The van der Waals surface area contributed by atoms with Gasteiger partial charge in [-0.15, -0.1) is 0 Å². The van der Waals surface area contributed by atoms with E-state index in [4.69, 9.17) is 4.74 Å². The van der Waals surface area contributed by atoms with Gasteiger partial charge in [-0.3, -0.25) is 0 Å². The summed E-state index contributed by atoms with van der Waals surface area (Å²) in [5.74, 6) is 0.915. The molecule has 0 aliphatic rings. The Morgan fingerprint density at radius 3 is 2.43 bits per heavy atom. The van der Waals surface area contributed by atoms with E-state index in [0.717, 1.165) is 25.3 Å². The highest BCUT2D eigenvalue weighted by Gasteiger charge is 2.20. The fraction of sp³-hybridized carbons (Fsp3) is 0.474. The molecule has 0 spiro atoms. The highest BCUT2D eigenvalue weighted by atomic mass is 16.5. The molecule has 0 aliphatic heterocycles. The van der Waals surface area contributed by atoms with Crippen LogP contribution in [0.5, 0.6) is 5.75 Å². The zero-order valence-corrected chi connectivity index (χ0v) is 13.7. The second-order valence-electron chi connectivity index (χ2n) is 6.31. The highest BCUT2D eigenvalue weighted by Crippen LogP contribution is 2.30. The molecule has 21 heavy (non-hydrogen) atoms. The Morgan fingerprint density at radius 2 is 1.71 bits per heavy atom. The smallest absolute Gasteiger partial charge is 0.119 e. The summed E-state index contributed by atoms with van der Waals surface area (Å²) < 4.78 is 5.29. The number of ether oxygens (including phenoxy) is 1. The number of methoxy groups -OCH3 is 1. The quantitative estimate of drug-likeness (QED) is 0.755.